The first-order chi connectivity index (χ1) is 12.6. The maximum atomic E-state index is 11.6. The predicted octanol–water partition coefficient (Wildman–Crippen LogP) is 3.11. The Bertz CT molecular complexity index is 903. The zero-order valence-electron chi connectivity index (χ0n) is 15.2. The van der Waals surface area contributed by atoms with E-state index in [1.54, 1.807) is 19.1 Å². The van der Waals surface area contributed by atoms with Gasteiger partial charge in [-0.25, -0.2) is 14.8 Å². The van der Waals surface area contributed by atoms with Crippen LogP contribution in [-0.2, 0) is 24.8 Å². The molecule has 0 aliphatic carbocycles. The lowest BCUT2D eigenvalue weighted by molar-refractivity contribution is 0.0599. The van der Waals surface area contributed by atoms with E-state index in [4.69, 9.17) is 4.74 Å². The number of carbonyl (C=O) groups is 1. The van der Waals surface area contributed by atoms with Crippen molar-refractivity contribution < 1.29 is 9.53 Å². The topological polar surface area (TPSA) is 69.0 Å². The van der Waals surface area contributed by atoms with Crippen LogP contribution in [0.2, 0.25) is 0 Å². The SMILES string of the molecule is COC(=O)c1ccc(NCc2ncc(Cc3ccccc3)n2C)nc1C. The first-order valence-corrected chi connectivity index (χ1v) is 8.41. The maximum Gasteiger partial charge on any atom is 0.339 e. The van der Waals surface area contributed by atoms with Crippen LogP contribution in [0.15, 0.2) is 48.7 Å². The van der Waals surface area contributed by atoms with Crippen molar-refractivity contribution in [2.24, 2.45) is 7.05 Å². The molecule has 0 spiro atoms. The van der Waals surface area contributed by atoms with Crippen LogP contribution in [0.3, 0.4) is 0 Å². The average Bonchev–Trinajstić information content (AvgIpc) is 3.00. The zero-order valence-corrected chi connectivity index (χ0v) is 15.2. The molecule has 0 saturated carbocycles. The predicted molar refractivity (Wildman–Crippen MR) is 100 cm³/mol. The van der Waals surface area contributed by atoms with E-state index in [1.165, 1.54) is 12.7 Å². The monoisotopic (exact) mass is 350 g/mol. The normalized spacial score (nSPS) is 10.6. The molecule has 3 aromatic rings. The second-order valence-electron chi connectivity index (χ2n) is 6.06. The summed E-state index contributed by atoms with van der Waals surface area (Å²) in [6.45, 7) is 2.34. The van der Waals surface area contributed by atoms with Crippen molar-refractivity contribution in [2.45, 2.75) is 19.9 Å². The number of methoxy groups -OCH3 is 1. The fourth-order valence-electron chi connectivity index (χ4n) is 2.78. The van der Waals surface area contributed by atoms with E-state index in [-0.39, 0.29) is 5.97 Å². The molecule has 2 heterocycles. The molecule has 6 heteroatoms. The van der Waals surface area contributed by atoms with Crippen LogP contribution in [0.4, 0.5) is 5.82 Å². The fraction of sp³-hybridized carbons (Fsp3) is 0.250. The highest BCUT2D eigenvalue weighted by Gasteiger charge is 2.11. The highest BCUT2D eigenvalue weighted by atomic mass is 16.5. The number of anilines is 1. The van der Waals surface area contributed by atoms with Crippen molar-refractivity contribution in [1.82, 2.24) is 14.5 Å². The molecule has 6 nitrogen and oxygen atoms in total. The minimum absolute atomic E-state index is 0.379. The van der Waals surface area contributed by atoms with Gasteiger partial charge in [-0.05, 0) is 24.6 Å². The second-order valence-corrected chi connectivity index (χ2v) is 6.06. The van der Waals surface area contributed by atoms with Gasteiger partial charge in [0.15, 0.2) is 0 Å². The van der Waals surface area contributed by atoms with Crippen LogP contribution >= 0.6 is 0 Å². The van der Waals surface area contributed by atoms with E-state index in [0.717, 1.165) is 17.9 Å². The summed E-state index contributed by atoms with van der Waals surface area (Å²) in [5.41, 5.74) is 3.51. The second kappa shape index (κ2) is 7.82. The number of carbonyl (C=O) groups excluding carboxylic acids is 1. The molecule has 0 fully saturated rings. The Balaban J connectivity index is 1.67. The molecule has 0 aliphatic heterocycles. The minimum Gasteiger partial charge on any atom is -0.465 e. The summed E-state index contributed by atoms with van der Waals surface area (Å²) in [4.78, 5) is 20.5. The van der Waals surface area contributed by atoms with Gasteiger partial charge in [-0.3, -0.25) is 0 Å². The zero-order chi connectivity index (χ0) is 18.5. The van der Waals surface area contributed by atoms with E-state index >= 15 is 0 Å². The van der Waals surface area contributed by atoms with Crippen LogP contribution in [0, 0.1) is 6.92 Å². The van der Waals surface area contributed by atoms with Gasteiger partial charge in [0.2, 0.25) is 0 Å². The molecule has 1 aromatic carbocycles. The van der Waals surface area contributed by atoms with E-state index < -0.39 is 0 Å². The molecular weight excluding hydrogens is 328 g/mol. The van der Waals surface area contributed by atoms with Crippen molar-refractivity contribution >= 4 is 11.8 Å². The van der Waals surface area contributed by atoms with Gasteiger partial charge in [0.1, 0.15) is 11.6 Å². The highest BCUT2D eigenvalue weighted by Crippen LogP contribution is 2.14. The van der Waals surface area contributed by atoms with Gasteiger partial charge < -0.3 is 14.6 Å². The number of imidazole rings is 1. The van der Waals surface area contributed by atoms with Crippen LogP contribution < -0.4 is 5.32 Å². The number of hydrogen-bond donors (Lipinski definition) is 1. The Morgan fingerprint density at radius 1 is 1.19 bits per heavy atom. The molecule has 0 atom stereocenters. The number of nitrogens with one attached hydrogen (secondary N) is 1. The standard InChI is InChI=1S/C20H22N4O2/c1-14-17(20(25)26-3)9-10-18(23-14)21-13-19-22-12-16(24(19)2)11-15-7-5-4-6-8-15/h4-10,12H,11,13H2,1-3H3,(H,21,23). The third-order valence-electron chi connectivity index (χ3n) is 4.33. The lowest BCUT2D eigenvalue weighted by Crippen LogP contribution is -2.10. The summed E-state index contributed by atoms with van der Waals surface area (Å²) in [7, 11) is 3.38. The molecule has 0 amide bonds. The van der Waals surface area contributed by atoms with Crippen molar-refractivity contribution in [3.8, 4) is 0 Å². The van der Waals surface area contributed by atoms with Gasteiger partial charge in [0, 0.05) is 25.4 Å². The Labute approximate surface area is 152 Å². The molecule has 3 rings (SSSR count). The molecule has 1 N–H and O–H groups in total. The Hall–Kier alpha value is -3.15. The van der Waals surface area contributed by atoms with Crippen LogP contribution in [-0.4, -0.2) is 27.6 Å². The number of esters is 1. The lowest BCUT2D eigenvalue weighted by atomic mass is 10.1. The molecule has 2 aromatic heterocycles. The first-order valence-electron chi connectivity index (χ1n) is 8.41. The molecule has 0 bridgehead atoms. The summed E-state index contributed by atoms with van der Waals surface area (Å²) >= 11 is 0. The summed E-state index contributed by atoms with van der Waals surface area (Å²) in [6, 6.07) is 13.8. The van der Waals surface area contributed by atoms with Crippen molar-refractivity contribution in [1.29, 1.82) is 0 Å². The number of pyridine rings is 1. The summed E-state index contributed by atoms with van der Waals surface area (Å²) < 4.78 is 6.83. The van der Waals surface area contributed by atoms with Gasteiger partial charge in [-0.15, -0.1) is 0 Å². The number of aromatic nitrogens is 3. The summed E-state index contributed by atoms with van der Waals surface area (Å²) in [6.07, 6.45) is 2.75. The molecule has 0 aliphatic rings. The lowest BCUT2D eigenvalue weighted by Gasteiger charge is -2.10. The molecular formula is C20H22N4O2. The molecule has 0 saturated heterocycles. The largest absolute Gasteiger partial charge is 0.465 e. The number of rotatable bonds is 6. The van der Waals surface area contributed by atoms with Gasteiger partial charge in [0.25, 0.3) is 0 Å². The van der Waals surface area contributed by atoms with Crippen molar-refractivity contribution in [3.05, 3.63) is 77.0 Å². The molecule has 0 unspecified atom stereocenters. The average molecular weight is 350 g/mol. The van der Waals surface area contributed by atoms with E-state index in [1.807, 2.05) is 31.4 Å². The van der Waals surface area contributed by atoms with Crippen molar-refractivity contribution in [3.63, 3.8) is 0 Å². The quantitative estimate of drug-likeness (QED) is 0.692. The summed E-state index contributed by atoms with van der Waals surface area (Å²) in [5, 5.41) is 3.26. The Morgan fingerprint density at radius 2 is 1.96 bits per heavy atom. The van der Waals surface area contributed by atoms with Gasteiger partial charge in [0.05, 0.1) is 24.9 Å². The molecule has 134 valence electrons. The number of ether oxygens (including phenoxy) is 1. The minimum atomic E-state index is -0.379. The third kappa shape index (κ3) is 3.91. The van der Waals surface area contributed by atoms with E-state index in [0.29, 0.717) is 23.6 Å². The van der Waals surface area contributed by atoms with Crippen LogP contribution in [0.1, 0.15) is 33.1 Å². The maximum absolute atomic E-state index is 11.6. The smallest absolute Gasteiger partial charge is 0.339 e. The van der Waals surface area contributed by atoms with Crippen LogP contribution in [0.5, 0.6) is 0 Å². The number of benzene rings is 1. The highest BCUT2D eigenvalue weighted by molar-refractivity contribution is 5.90. The van der Waals surface area contributed by atoms with E-state index in [9.17, 15) is 4.79 Å². The number of hydrogen-bond acceptors (Lipinski definition) is 5. The Morgan fingerprint density at radius 3 is 2.65 bits per heavy atom. The number of aryl methyl sites for hydroxylation is 1. The van der Waals surface area contributed by atoms with Crippen LogP contribution in [0.25, 0.3) is 0 Å². The summed E-state index contributed by atoms with van der Waals surface area (Å²) in [5.74, 6) is 1.24. The van der Waals surface area contributed by atoms with Gasteiger partial charge >= 0.3 is 5.97 Å². The molecule has 26 heavy (non-hydrogen) atoms. The first kappa shape index (κ1) is 17.7. The number of nitrogens with zero attached hydrogens (tertiary/aromatic N) is 3. The van der Waals surface area contributed by atoms with Gasteiger partial charge in [-0.2, -0.15) is 0 Å². The molecule has 0 radical (unpaired) electrons. The Kier molecular flexibility index (Phi) is 5.31. The van der Waals surface area contributed by atoms with E-state index in [2.05, 4.69) is 32.0 Å². The van der Waals surface area contributed by atoms with Gasteiger partial charge in [-0.1, -0.05) is 30.3 Å². The third-order valence-corrected chi connectivity index (χ3v) is 4.33. The van der Waals surface area contributed by atoms with Crippen molar-refractivity contribution in [2.75, 3.05) is 12.4 Å². The fourth-order valence-corrected chi connectivity index (χ4v) is 2.78.